The first kappa shape index (κ1) is 15.9. The van der Waals surface area contributed by atoms with Gasteiger partial charge in [-0.25, -0.2) is 9.07 Å². The van der Waals surface area contributed by atoms with Gasteiger partial charge in [0.05, 0.1) is 23.2 Å². The monoisotopic (exact) mass is 326 g/mol. The molecule has 0 N–H and O–H groups in total. The summed E-state index contributed by atoms with van der Waals surface area (Å²) in [5, 5.41) is 11.2. The first-order valence-electron chi connectivity index (χ1n) is 7.50. The maximum atomic E-state index is 14.1. The molecular weight excluding hydrogens is 309 g/mol. The Kier molecular flexibility index (Phi) is 4.41. The lowest BCUT2D eigenvalue weighted by Gasteiger charge is -2.24. The summed E-state index contributed by atoms with van der Waals surface area (Å²) in [6, 6.07) is 13.1. The Balaban J connectivity index is 2.08. The maximum absolute atomic E-state index is 14.1. The van der Waals surface area contributed by atoms with Crippen LogP contribution in [-0.2, 0) is 0 Å². The Hall–Kier alpha value is -2.96. The first-order valence-corrected chi connectivity index (χ1v) is 7.50. The van der Waals surface area contributed by atoms with Crippen molar-refractivity contribution < 1.29 is 9.13 Å². The minimum Gasteiger partial charge on any atom is -0.489 e. The molecule has 1 heterocycles. The largest absolute Gasteiger partial charge is 0.489 e. The fourth-order valence-electron chi connectivity index (χ4n) is 2.33. The number of benzene rings is 2. The Morgan fingerprint density at radius 2 is 2.12 bits per heavy atom. The standard InChI is InChI=1S/C17H17FN5O/c1-12(2)24-17-9-8-13(23-11-19-20-21-23)10-16(17)22(3)15-7-5-4-6-14(15)18/h4-6,8-12H,1-3H3. The van der Waals surface area contributed by atoms with Gasteiger partial charge in [-0.05, 0) is 48.5 Å². The van der Waals surface area contributed by atoms with E-state index < -0.39 is 0 Å². The molecule has 0 atom stereocenters. The lowest BCUT2D eigenvalue weighted by molar-refractivity contribution is 0.243. The third-order valence-corrected chi connectivity index (χ3v) is 3.40. The van der Waals surface area contributed by atoms with Gasteiger partial charge in [0.15, 0.2) is 0 Å². The molecule has 2 aromatic carbocycles. The van der Waals surface area contributed by atoms with Gasteiger partial charge in [-0.1, -0.05) is 12.1 Å². The van der Waals surface area contributed by atoms with E-state index in [0.29, 0.717) is 17.1 Å². The summed E-state index contributed by atoms with van der Waals surface area (Å²) in [4.78, 5) is 1.70. The number of aromatic nitrogens is 4. The SMILES string of the molecule is CC(C)Oc1ccc(-n2cnnn2)cc1N(C)c1[c]cccc1F. The third-order valence-electron chi connectivity index (χ3n) is 3.40. The predicted molar refractivity (Wildman–Crippen MR) is 88.2 cm³/mol. The highest BCUT2D eigenvalue weighted by Crippen LogP contribution is 2.35. The molecule has 0 amide bonds. The van der Waals surface area contributed by atoms with Crippen molar-refractivity contribution in [3.8, 4) is 11.4 Å². The zero-order valence-corrected chi connectivity index (χ0v) is 13.6. The van der Waals surface area contributed by atoms with E-state index in [4.69, 9.17) is 4.74 Å². The highest BCUT2D eigenvalue weighted by Gasteiger charge is 2.16. The van der Waals surface area contributed by atoms with Gasteiger partial charge in [-0.15, -0.1) is 5.10 Å². The van der Waals surface area contributed by atoms with Gasteiger partial charge >= 0.3 is 0 Å². The van der Waals surface area contributed by atoms with Crippen LogP contribution in [0, 0.1) is 11.9 Å². The second-order valence-corrected chi connectivity index (χ2v) is 5.50. The molecule has 24 heavy (non-hydrogen) atoms. The van der Waals surface area contributed by atoms with E-state index in [1.165, 1.54) is 17.1 Å². The molecule has 0 aliphatic heterocycles. The van der Waals surface area contributed by atoms with E-state index in [-0.39, 0.29) is 11.9 Å². The number of ether oxygens (including phenoxy) is 1. The van der Waals surface area contributed by atoms with Crippen molar-refractivity contribution in [2.24, 2.45) is 0 Å². The summed E-state index contributed by atoms with van der Waals surface area (Å²) in [6.45, 7) is 3.88. The van der Waals surface area contributed by atoms with Crippen LogP contribution in [0.4, 0.5) is 15.8 Å². The van der Waals surface area contributed by atoms with Crippen LogP contribution < -0.4 is 9.64 Å². The van der Waals surface area contributed by atoms with Crippen molar-refractivity contribution in [3.05, 3.63) is 54.6 Å². The van der Waals surface area contributed by atoms with Gasteiger partial charge in [-0.3, -0.25) is 0 Å². The van der Waals surface area contributed by atoms with E-state index >= 15 is 0 Å². The van der Waals surface area contributed by atoms with Crippen LogP contribution in [0.25, 0.3) is 5.69 Å². The smallest absolute Gasteiger partial charge is 0.147 e. The van der Waals surface area contributed by atoms with Gasteiger partial charge in [0.25, 0.3) is 0 Å². The molecule has 3 rings (SSSR count). The number of hydrogen-bond acceptors (Lipinski definition) is 5. The number of para-hydroxylation sites is 1. The van der Waals surface area contributed by atoms with Crippen molar-refractivity contribution >= 4 is 11.4 Å². The number of anilines is 2. The summed E-state index contributed by atoms with van der Waals surface area (Å²) in [5.41, 5.74) is 1.77. The molecule has 1 aromatic heterocycles. The van der Waals surface area contributed by atoms with Gasteiger partial charge in [0, 0.05) is 13.1 Å². The Bertz CT molecular complexity index is 820. The maximum Gasteiger partial charge on any atom is 0.147 e. The quantitative estimate of drug-likeness (QED) is 0.721. The van der Waals surface area contributed by atoms with Crippen molar-refractivity contribution in [2.45, 2.75) is 20.0 Å². The van der Waals surface area contributed by atoms with Crippen LogP contribution >= 0.6 is 0 Å². The molecule has 0 unspecified atom stereocenters. The molecule has 0 aliphatic rings. The van der Waals surface area contributed by atoms with Crippen LogP contribution in [0.3, 0.4) is 0 Å². The molecule has 6 nitrogen and oxygen atoms in total. The Morgan fingerprint density at radius 3 is 2.79 bits per heavy atom. The number of nitrogens with zero attached hydrogens (tertiary/aromatic N) is 5. The molecule has 7 heteroatoms. The minimum atomic E-state index is -0.358. The summed E-state index contributed by atoms with van der Waals surface area (Å²) >= 11 is 0. The topological polar surface area (TPSA) is 56.1 Å². The number of rotatable bonds is 5. The second kappa shape index (κ2) is 6.66. The molecule has 1 radical (unpaired) electrons. The molecule has 3 aromatic rings. The average molecular weight is 326 g/mol. The zero-order chi connectivity index (χ0) is 17.1. The Morgan fingerprint density at radius 1 is 1.29 bits per heavy atom. The fourth-order valence-corrected chi connectivity index (χ4v) is 2.33. The lowest BCUT2D eigenvalue weighted by Crippen LogP contribution is -2.15. The molecule has 0 spiro atoms. The molecule has 0 saturated heterocycles. The molecule has 0 aliphatic carbocycles. The number of tetrazole rings is 1. The lowest BCUT2D eigenvalue weighted by atomic mass is 10.2. The molecule has 0 bridgehead atoms. The first-order chi connectivity index (χ1) is 11.6. The Labute approximate surface area is 139 Å². The van der Waals surface area contributed by atoms with Crippen molar-refractivity contribution in [1.29, 1.82) is 0 Å². The van der Waals surface area contributed by atoms with Crippen LogP contribution in [-0.4, -0.2) is 33.4 Å². The highest BCUT2D eigenvalue weighted by molar-refractivity contribution is 5.71. The van der Waals surface area contributed by atoms with E-state index in [9.17, 15) is 4.39 Å². The zero-order valence-electron chi connectivity index (χ0n) is 13.6. The number of hydrogen-bond donors (Lipinski definition) is 0. The van der Waals surface area contributed by atoms with Crippen LogP contribution in [0.15, 0.2) is 42.7 Å². The van der Waals surface area contributed by atoms with Crippen LogP contribution in [0.5, 0.6) is 5.75 Å². The van der Waals surface area contributed by atoms with Crippen molar-refractivity contribution in [3.63, 3.8) is 0 Å². The van der Waals surface area contributed by atoms with Crippen LogP contribution in [0.2, 0.25) is 0 Å². The van der Waals surface area contributed by atoms with Crippen molar-refractivity contribution in [2.75, 3.05) is 11.9 Å². The molecular formula is C17H17FN5O. The summed E-state index contributed by atoms with van der Waals surface area (Å²) < 4.78 is 21.5. The van der Waals surface area contributed by atoms with Crippen molar-refractivity contribution in [1.82, 2.24) is 20.2 Å². The highest BCUT2D eigenvalue weighted by atomic mass is 19.1. The second-order valence-electron chi connectivity index (χ2n) is 5.50. The van der Waals surface area contributed by atoms with Gasteiger partial charge in [0.1, 0.15) is 17.9 Å². The summed E-state index contributed by atoms with van der Waals surface area (Å²) in [5.74, 6) is 0.282. The van der Waals surface area contributed by atoms with E-state index in [1.807, 2.05) is 32.0 Å². The summed E-state index contributed by atoms with van der Waals surface area (Å²) in [6.07, 6.45) is 1.48. The average Bonchev–Trinajstić information content (AvgIpc) is 3.09. The van der Waals surface area contributed by atoms with E-state index in [1.54, 1.807) is 24.1 Å². The van der Waals surface area contributed by atoms with Gasteiger partial charge in [-0.2, -0.15) is 0 Å². The molecule has 0 saturated carbocycles. The summed E-state index contributed by atoms with van der Waals surface area (Å²) in [7, 11) is 1.76. The predicted octanol–water partition coefficient (Wildman–Crippen LogP) is 3.16. The van der Waals surface area contributed by atoms with Gasteiger partial charge < -0.3 is 9.64 Å². The molecule has 123 valence electrons. The van der Waals surface area contributed by atoms with Crippen LogP contribution in [0.1, 0.15) is 13.8 Å². The number of halogens is 1. The fraction of sp³-hybridized carbons (Fsp3) is 0.235. The van der Waals surface area contributed by atoms with E-state index in [0.717, 1.165) is 5.69 Å². The minimum absolute atomic E-state index is 0.0133. The third kappa shape index (κ3) is 3.19. The molecule has 0 fully saturated rings. The normalized spacial score (nSPS) is 10.9. The van der Waals surface area contributed by atoms with E-state index in [2.05, 4.69) is 21.6 Å². The van der Waals surface area contributed by atoms with Gasteiger partial charge in [0.2, 0.25) is 0 Å².